The molecule has 0 fully saturated rings. The van der Waals surface area contributed by atoms with Gasteiger partial charge in [-0.3, -0.25) is 4.79 Å². The molecule has 4 aromatic rings. The number of ether oxygens (including phenoxy) is 2. The van der Waals surface area contributed by atoms with E-state index in [4.69, 9.17) is 13.9 Å². The predicted octanol–water partition coefficient (Wildman–Crippen LogP) is 4.50. The zero-order valence-electron chi connectivity index (χ0n) is 17.9. The van der Waals surface area contributed by atoms with Crippen LogP contribution < -0.4 is 10.1 Å². The van der Waals surface area contributed by atoms with Gasteiger partial charge < -0.3 is 19.2 Å². The van der Waals surface area contributed by atoms with Crippen LogP contribution in [0.5, 0.6) is 6.01 Å². The maximum Gasteiger partial charge on any atom is 0.336 e. The number of nitrogens with one attached hydrogen (secondary N) is 1. The van der Waals surface area contributed by atoms with Crippen molar-refractivity contribution in [3.05, 3.63) is 78.1 Å². The third-order valence-electron chi connectivity index (χ3n) is 4.65. The van der Waals surface area contributed by atoms with Gasteiger partial charge in [-0.25, -0.2) is 4.68 Å². The Labute approximate surface area is 185 Å². The Bertz CT molecular complexity index is 1170. The molecule has 2 heterocycles. The van der Waals surface area contributed by atoms with Gasteiger partial charge in [0.2, 0.25) is 5.82 Å². The highest BCUT2D eigenvalue weighted by Crippen LogP contribution is 2.25. The van der Waals surface area contributed by atoms with Gasteiger partial charge in [-0.1, -0.05) is 23.8 Å². The molecule has 0 saturated heterocycles. The van der Waals surface area contributed by atoms with E-state index in [1.54, 1.807) is 35.2 Å². The van der Waals surface area contributed by atoms with Crippen molar-refractivity contribution >= 4 is 11.6 Å². The largest absolute Gasteiger partial charge is 0.461 e. The second kappa shape index (κ2) is 9.93. The molecule has 0 radical (unpaired) electrons. The van der Waals surface area contributed by atoms with Gasteiger partial charge in [0.05, 0.1) is 18.6 Å². The molecule has 2 aromatic carbocycles. The molecule has 2 aromatic heterocycles. The smallest absolute Gasteiger partial charge is 0.336 e. The summed E-state index contributed by atoms with van der Waals surface area (Å²) in [7, 11) is 0. The molecule has 0 aliphatic heterocycles. The van der Waals surface area contributed by atoms with Crippen molar-refractivity contribution in [2.75, 3.05) is 25.1 Å². The van der Waals surface area contributed by atoms with Crippen LogP contribution in [0.4, 0.5) is 5.69 Å². The molecular weight excluding hydrogens is 408 g/mol. The number of aryl methyl sites for hydroxylation is 1. The molecule has 0 bridgehead atoms. The van der Waals surface area contributed by atoms with Gasteiger partial charge in [-0.15, -0.1) is 5.10 Å². The van der Waals surface area contributed by atoms with Gasteiger partial charge in [0.25, 0.3) is 5.91 Å². The predicted molar refractivity (Wildman–Crippen MR) is 120 cm³/mol. The number of nitrogens with zero attached hydrogens (tertiary/aromatic N) is 3. The van der Waals surface area contributed by atoms with Crippen LogP contribution in [0.2, 0.25) is 0 Å². The average Bonchev–Trinajstić information content (AvgIpc) is 3.47. The maximum atomic E-state index is 12.6. The molecule has 0 saturated carbocycles. The fourth-order valence-electron chi connectivity index (χ4n) is 3.06. The monoisotopic (exact) mass is 432 g/mol. The maximum absolute atomic E-state index is 12.6. The lowest BCUT2D eigenvalue weighted by molar-refractivity contribution is 0.102. The summed E-state index contributed by atoms with van der Waals surface area (Å²) in [5, 5.41) is 7.40. The lowest BCUT2D eigenvalue weighted by Crippen LogP contribution is -2.12. The van der Waals surface area contributed by atoms with E-state index in [9.17, 15) is 4.79 Å². The number of hydrogen-bond donors (Lipinski definition) is 1. The number of benzene rings is 2. The first-order chi connectivity index (χ1) is 15.6. The van der Waals surface area contributed by atoms with Crippen molar-refractivity contribution in [3.63, 3.8) is 0 Å². The van der Waals surface area contributed by atoms with Crippen LogP contribution in [0.3, 0.4) is 0 Å². The summed E-state index contributed by atoms with van der Waals surface area (Å²) in [6.07, 6.45) is 1.57. The standard InChI is InChI=1S/C24H24N4O4/c1-3-30-14-15-32-24-26-22(21-8-5-13-31-21)28(27-24)20-7-4-6-19(16-20)25-23(29)18-11-9-17(2)10-12-18/h4-13,16H,3,14-15H2,1-2H3,(H,25,29). The first kappa shape index (κ1) is 21.3. The second-order valence-corrected chi connectivity index (χ2v) is 7.02. The molecule has 8 heteroatoms. The molecule has 0 aliphatic carbocycles. The molecule has 4 rings (SSSR count). The topological polar surface area (TPSA) is 91.4 Å². The van der Waals surface area contributed by atoms with Crippen LogP contribution in [0.15, 0.2) is 71.3 Å². The van der Waals surface area contributed by atoms with E-state index >= 15 is 0 Å². The minimum atomic E-state index is -0.188. The van der Waals surface area contributed by atoms with Crippen LogP contribution >= 0.6 is 0 Å². The van der Waals surface area contributed by atoms with Crippen molar-refractivity contribution in [2.45, 2.75) is 13.8 Å². The quantitative estimate of drug-likeness (QED) is 0.392. The molecule has 1 N–H and O–H groups in total. The number of rotatable bonds is 9. The SMILES string of the molecule is CCOCCOc1nc(-c2ccco2)n(-c2cccc(NC(=O)c3ccc(C)cc3)c2)n1. The normalized spacial score (nSPS) is 10.8. The summed E-state index contributed by atoms with van der Waals surface area (Å²) >= 11 is 0. The van der Waals surface area contributed by atoms with E-state index in [0.717, 1.165) is 5.56 Å². The molecular formula is C24H24N4O4. The second-order valence-electron chi connectivity index (χ2n) is 7.02. The summed E-state index contributed by atoms with van der Waals surface area (Å²) in [5.41, 5.74) is 3.01. The van der Waals surface area contributed by atoms with Crippen LogP contribution in [0.1, 0.15) is 22.8 Å². The van der Waals surface area contributed by atoms with Crippen LogP contribution in [-0.2, 0) is 4.74 Å². The van der Waals surface area contributed by atoms with E-state index in [-0.39, 0.29) is 11.9 Å². The van der Waals surface area contributed by atoms with E-state index in [2.05, 4.69) is 15.4 Å². The summed E-state index contributed by atoms with van der Waals surface area (Å²) in [4.78, 5) is 17.1. The van der Waals surface area contributed by atoms with E-state index in [0.29, 0.717) is 48.3 Å². The number of furan rings is 1. The average molecular weight is 432 g/mol. The highest BCUT2D eigenvalue weighted by molar-refractivity contribution is 6.04. The highest BCUT2D eigenvalue weighted by atomic mass is 16.5. The van der Waals surface area contributed by atoms with Gasteiger partial charge in [-0.05, 0) is 56.3 Å². The molecule has 0 spiro atoms. The van der Waals surface area contributed by atoms with E-state index in [1.807, 2.05) is 50.2 Å². The van der Waals surface area contributed by atoms with Crippen molar-refractivity contribution in [1.29, 1.82) is 0 Å². The fraction of sp³-hybridized carbons (Fsp3) is 0.208. The number of amides is 1. The number of aromatic nitrogens is 3. The first-order valence-electron chi connectivity index (χ1n) is 10.3. The number of carbonyl (C=O) groups excluding carboxylic acids is 1. The lowest BCUT2D eigenvalue weighted by atomic mass is 10.1. The molecule has 1 amide bonds. The zero-order chi connectivity index (χ0) is 22.3. The molecule has 0 atom stereocenters. The summed E-state index contributed by atoms with van der Waals surface area (Å²) < 4.78 is 18.1. The molecule has 164 valence electrons. The fourth-order valence-corrected chi connectivity index (χ4v) is 3.06. The Hall–Kier alpha value is -3.91. The van der Waals surface area contributed by atoms with Crippen LogP contribution in [-0.4, -0.2) is 40.5 Å². The van der Waals surface area contributed by atoms with E-state index in [1.165, 1.54) is 0 Å². The third-order valence-corrected chi connectivity index (χ3v) is 4.65. The van der Waals surface area contributed by atoms with Gasteiger partial charge >= 0.3 is 6.01 Å². The van der Waals surface area contributed by atoms with Crippen molar-refractivity contribution in [1.82, 2.24) is 14.8 Å². The van der Waals surface area contributed by atoms with Crippen molar-refractivity contribution in [3.8, 4) is 23.3 Å². The Morgan fingerprint density at radius 3 is 2.69 bits per heavy atom. The molecule has 0 unspecified atom stereocenters. The molecule has 0 aliphatic rings. The van der Waals surface area contributed by atoms with Gasteiger partial charge in [0.1, 0.15) is 6.61 Å². The first-order valence-corrected chi connectivity index (χ1v) is 10.3. The minimum Gasteiger partial charge on any atom is -0.461 e. The summed E-state index contributed by atoms with van der Waals surface area (Å²) in [5.74, 6) is 0.849. The van der Waals surface area contributed by atoms with Crippen LogP contribution in [0, 0.1) is 6.92 Å². The Morgan fingerprint density at radius 1 is 1.09 bits per heavy atom. The Kier molecular flexibility index (Phi) is 6.62. The summed E-state index contributed by atoms with van der Waals surface area (Å²) in [6.45, 7) is 5.30. The van der Waals surface area contributed by atoms with Gasteiger partial charge in [0, 0.05) is 17.9 Å². The minimum absolute atomic E-state index is 0.188. The van der Waals surface area contributed by atoms with Gasteiger partial charge in [-0.2, -0.15) is 4.98 Å². The number of hydrogen-bond acceptors (Lipinski definition) is 6. The Balaban J connectivity index is 1.59. The zero-order valence-corrected chi connectivity index (χ0v) is 17.9. The number of carbonyl (C=O) groups is 1. The van der Waals surface area contributed by atoms with Crippen LogP contribution in [0.25, 0.3) is 17.3 Å². The number of anilines is 1. The third kappa shape index (κ3) is 5.04. The summed E-state index contributed by atoms with van der Waals surface area (Å²) in [6, 6.07) is 18.5. The lowest BCUT2D eigenvalue weighted by Gasteiger charge is -2.09. The molecule has 32 heavy (non-hydrogen) atoms. The van der Waals surface area contributed by atoms with Gasteiger partial charge in [0.15, 0.2) is 5.76 Å². The molecule has 8 nitrogen and oxygen atoms in total. The highest BCUT2D eigenvalue weighted by Gasteiger charge is 2.17. The Morgan fingerprint density at radius 2 is 1.94 bits per heavy atom. The van der Waals surface area contributed by atoms with Crippen molar-refractivity contribution in [2.24, 2.45) is 0 Å². The van der Waals surface area contributed by atoms with Crippen molar-refractivity contribution < 1.29 is 18.7 Å². The van der Waals surface area contributed by atoms with E-state index < -0.39 is 0 Å².